The highest BCUT2D eigenvalue weighted by atomic mass is 19.2. The van der Waals surface area contributed by atoms with Crippen LogP contribution >= 0.6 is 0 Å². The molecular formula is C10H12F3N3O. The van der Waals surface area contributed by atoms with Crippen LogP contribution in [0.4, 0.5) is 18.9 Å². The van der Waals surface area contributed by atoms with Crippen LogP contribution in [0.25, 0.3) is 0 Å². The molecule has 1 atom stereocenters. The molecule has 0 bridgehead atoms. The number of rotatable bonds is 4. The molecule has 0 aliphatic carbocycles. The van der Waals surface area contributed by atoms with E-state index >= 15 is 0 Å². The third-order valence-corrected chi connectivity index (χ3v) is 2.21. The Morgan fingerprint density at radius 2 is 1.94 bits per heavy atom. The average Bonchev–Trinajstić information content (AvgIpc) is 2.31. The average molecular weight is 247 g/mol. The van der Waals surface area contributed by atoms with Crippen LogP contribution in [-0.4, -0.2) is 17.1 Å². The predicted molar refractivity (Wildman–Crippen MR) is 57.4 cm³/mol. The van der Waals surface area contributed by atoms with Gasteiger partial charge >= 0.3 is 0 Å². The van der Waals surface area contributed by atoms with E-state index in [2.05, 4.69) is 10.5 Å². The summed E-state index contributed by atoms with van der Waals surface area (Å²) in [5, 5.41) is 13.9. The summed E-state index contributed by atoms with van der Waals surface area (Å²) >= 11 is 0. The first kappa shape index (κ1) is 13.1. The first-order valence-electron chi connectivity index (χ1n) is 4.88. The van der Waals surface area contributed by atoms with E-state index in [4.69, 9.17) is 10.9 Å². The van der Waals surface area contributed by atoms with E-state index in [0.717, 1.165) is 12.1 Å². The maximum Gasteiger partial charge on any atom is 0.194 e. The van der Waals surface area contributed by atoms with Crippen molar-refractivity contribution in [3.05, 3.63) is 29.6 Å². The van der Waals surface area contributed by atoms with E-state index < -0.39 is 23.5 Å². The number of nitrogens with two attached hydrogens (primary N) is 1. The maximum atomic E-state index is 12.9. The molecular weight excluding hydrogens is 235 g/mol. The van der Waals surface area contributed by atoms with Gasteiger partial charge in [0.2, 0.25) is 0 Å². The summed E-state index contributed by atoms with van der Waals surface area (Å²) in [5.74, 6) is -4.27. The number of halogens is 3. The Morgan fingerprint density at radius 3 is 2.35 bits per heavy atom. The third-order valence-electron chi connectivity index (χ3n) is 2.21. The normalized spacial score (nSPS) is 13.5. The van der Waals surface area contributed by atoms with Crippen molar-refractivity contribution in [1.82, 2.24) is 0 Å². The number of oxime groups is 1. The van der Waals surface area contributed by atoms with Crippen LogP contribution < -0.4 is 11.1 Å². The molecule has 0 aliphatic rings. The zero-order chi connectivity index (χ0) is 13.0. The van der Waals surface area contributed by atoms with Crippen LogP contribution in [0.5, 0.6) is 0 Å². The fourth-order valence-corrected chi connectivity index (χ4v) is 1.29. The standard InChI is InChI=1S/C10H12F3N3O/c1-2-8(10(14)16-17)15-5-3-6(11)9(13)7(12)4-5/h3-4,8,15,17H,2H2,1H3,(H2,14,16). The van der Waals surface area contributed by atoms with Crippen molar-refractivity contribution in [1.29, 1.82) is 0 Å². The molecule has 4 nitrogen and oxygen atoms in total. The minimum Gasteiger partial charge on any atom is -0.409 e. The molecule has 1 aromatic carbocycles. The highest BCUT2D eigenvalue weighted by Gasteiger charge is 2.15. The first-order chi connectivity index (χ1) is 7.99. The van der Waals surface area contributed by atoms with Crippen molar-refractivity contribution in [3.63, 3.8) is 0 Å². The summed E-state index contributed by atoms with van der Waals surface area (Å²) in [5.41, 5.74) is 5.37. The fraction of sp³-hybridized carbons (Fsp3) is 0.300. The monoisotopic (exact) mass is 247 g/mol. The van der Waals surface area contributed by atoms with Crippen molar-refractivity contribution in [2.45, 2.75) is 19.4 Å². The zero-order valence-electron chi connectivity index (χ0n) is 9.04. The van der Waals surface area contributed by atoms with Gasteiger partial charge in [-0.15, -0.1) is 0 Å². The Labute approximate surface area is 95.9 Å². The van der Waals surface area contributed by atoms with Gasteiger partial charge in [0.25, 0.3) is 0 Å². The van der Waals surface area contributed by atoms with E-state index in [1.807, 2.05) is 0 Å². The minimum absolute atomic E-state index is 0.0138. The molecule has 0 heterocycles. The van der Waals surface area contributed by atoms with Gasteiger partial charge < -0.3 is 16.3 Å². The van der Waals surface area contributed by atoms with Crippen molar-refractivity contribution in [3.8, 4) is 0 Å². The summed E-state index contributed by atoms with van der Waals surface area (Å²) < 4.78 is 38.5. The second-order valence-corrected chi connectivity index (χ2v) is 3.38. The van der Waals surface area contributed by atoms with Gasteiger partial charge in [-0.2, -0.15) is 0 Å². The highest BCUT2D eigenvalue weighted by molar-refractivity contribution is 5.87. The lowest BCUT2D eigenvalue weighted by molar-refractivity contribution is 0.316. The lowest BCUT2D eigenvalue weighted by atomic mass is 10.2. The number of benzene rings is 1. The van der Waals surface area contributed by atoms with Gasteiger partial charge in [-0.3, -0.25) is 0 Å². The van der Waals surface area contributed by atoms with Gasteiger partial charge in [-0.25, -0.2) is 13.2 Å². The second kappa shape index (κ2) is 5.42. The predicted octanol–water partition coefficient (Wildman–Crippen LogP) is 2.04. The molecule has 0 aliphatic heterocycles. The SMILES string of the molecule is CCC(Nc1cc(F)c(F)c(F)c1)C(N)=NO. The summed E-state index contributed by atoms with van der Waals surface area (Å²) in [7, 11) is 0. The number of nitrogens with zero attached hydrogens (tertiary/aromatic N) is 1. The highest BCUT2D eigenvalue weighted by Crippen LogP contribution is 2.18. The van der Waals surface area contributed by atoms with Crippen LogP contribution in [0.1, 0.15) is 13.3 Å². The van der Waals surface area contributed by atoms with Crippen molar-refractivity contribution in [2.75, 3.05) is 5.32 Å². The molecule has 1 unspecified atom stereocenters. The molecule has 0 radical (unpaired) electrons. The number of anilines is 1. The number of nitrogens with one attached hydrogen (secondary N) is 1. The molecule has 0 saturated carbocycles. The Morgan fingerprint density at radius 1 is 1.41 bits per heavy atom. The summed E-state index contributed by atoms with van der Waals surface area (Å²) in [6.45, 7) is 1.73. The summed E-state index contributed by atoms with van der Waals surface area (Å²) in [6, 6.07) is 1.00. The van der Waals surface area contributed by atoms with Crippen LogP contribution in [0.15, 0.2) is 17.3 Å². The Kier molecular flexibility index (Phi) is 4.19. The molecule has 7 heteroatoms. The van der Waals surface area contributed by atoms with E-state index in [1.54, 1.807) is 6.92 Å². The van der Waals surface area contributed by atoms with Crippen LogP contribution in [0.2, 0.25) is 0 Å². The van der Waals surface area contributed by atoms with Crippen molar-refractivity contribution in [2.24, 2.45) is 10.9 Å². The lowest BCUT2D eigenvalue weighted by Crippen LogP contribution is -2.35. The van der Waals surface area contributed by atoms with Gasteiger partial charge in [0, 0.05) is 17.8 Å². The van der Waals surface area contributed by atoms with Crippen LogP contribution in [-0.2, 0) is 0 Å². The maximum absolute atomic E-state index is 12.9. The molecule has 1 aromatic rings. The zero-order valence-corrected chi connectivity index (χ0v) is 9.04. The fourth-order valence-electron chi connectivity index (χ4n) is 1.29. The summed E-state index contributed by atoms with van der Waals surface area (Å²) in [4.78, 5) is 0. The molecule has 17 heavy (non-hydrogen) atoms. The number of amidine groups is 1. The molecule has 4 N–H and O–H groups in total. The molecule has 0 spiro atoms. The van der Waals surface area contributed by atoms with E-state index in [9.17, 15) is 13.2 Å². The largest absolute Gasteiger partial charge is 0.409 e. The number of hydrogen-bond donors (Lipinski definition) is 3. The molecule has 94 valence electrons. The van der Waals surface area contributed by atoms with E-state index in [0.29, 0.717) is 6.42 Å². The molecule has 0 amide bonds. The van der Waals surface area contributed by atoms with Crippen molar-refractivity contribution >= 4 is 11.5 Å². The molecule has 0 aromatic heterocycles. The quantitative estimate of drug-likeness (QED) is 0.251. The lowest BCUT2D eigenvalue weighted by Gasteiger charge is -2.16. The topological polar surface area (TPSA) is 70.6 Å². The Balaban J connectivity index is 2.95. The smallest absolute Gasteiger partial charge is 0.194 e. The second-order valence-electron chi connectivity index (χ2n) is 3.38. The first-order valence-corrected chi connectivity index (χ1v) is 4.88. The van der Waals surface area contributed by atoms with E-state index in [1.165, 1.54) is 0 Å². The minimum atomic E-state index is -1.53. The van der Waals surface area contributed by atoms with Gasteiger partial charge in [-0.05, 0) is 6.42 Å². The van der Waals surface area contributed by atoms with Gasteiger partial charge in [0.1, 0.15) is 0 Å². The van der Waals surface area contributed by atoms with Gasteiger partial charge in [0.05, 0.1) is 6.04 Å². The molecule has 0 saturated heterocycles. The van der Waals surface area contributed by atoms with Crippen LogP contribution in [0, 0.1) is 17.5 Å². The van der Waals surface area contributed by atoms with Crippen molar-refractivity contribution < 1.29 is 18.4 Å². The third kappa shape index (κ3) is 3.02. The van der Waals surface area contributed by atoms with Crippen LogP contribution in [0.3, 0.4) is 0 Å². The number of hydrogen-bond acceptors (Lipinski definition) is 3. The van der Waals surface area contributed by atoms with E-state index in [-0.39, 0.29) is 11.5 Å². The molecule has 1 rings (SSSR count). The Hall–Kier alpha value is -1.92. The van der Waals surface area contributed by atoms with Gasteiger partial charge in [-0.1, -0.05) is 12.1 Å². The summed E-state index contributed by atoms with van der Waals surface area (Å²) in [6.07, 6.45) is 0.427. The van der Waals surface area contributed by atoms with Gasteiger partial charge in [0.15, 0.2) is 23.3 Å². The molecule has 0 fully saturated rings. The Bertz CT molecular complexity index is 414.